The molecule has 1 aliphatic carbocycles. The van der Waals surface area contributed by atoms with Crippen molar-refractivity contribution in [1.29, 1.82) is 0 Å². The zero-order valence-electron chi connectivity index (χ0n) is 23.2. The standard InChI is InChI=1S/C40H25NO2/c1-2-10-27-24(8-1)9-7-13-28(27)25-16-18-37-31(20-25)33-22-34-32-21-26(17-19-38(32)43-40(34)23-39(33)42-37)41-35-14-5-3-11-29(35)30-12-4-6-15-36(30)41/h1-23,29,35H. The Morgan fingerprint density at radius 1 is 0.512 bits per heavy atom. The van der Waals surface area contributed by atoms with Gasteiger partial charge in [-0.2, -0.15) is 0 Å². The van der Waals surface area contributed by atoms with E-state index in [1.807, 2.05) is 0 Å². The predicted molar refractivity (Wildman–Crippen MR) is 177 cm³/mol. The van der Waals surface area contributed by atoms with Gasteiger partial charge in [-0.3, -0.25) is 0 Å². The number of nitrogens with zero attached hydrogens (tertiary/aromatic N) is 1. The van der Waals surface area contributed by atoms with Crippen LogP contribution in [0.4, 0.5) is 11.4 Å². The lowest BCUT2D eigenvalue weighted by Crippen LogP contribution is -2.28. The van der Waals surface area contributed by atoms with Crippen LogP contribution in [-0.2, 0) is 0 Å². The van der Waals surface area contributed by atoms with E-state index in [4.69, 9.17) is 8.83 Å². The Morgan fingerprint density at radius 2 is 1.23 bits per heavy atom. The molecule has 6 aromatic carbocycles. The molecule has 0 fully saturated rings. The summed E-state index contributed by atoms with van der Waals surface area (Å²) in [5.74, 6) is 0.353. The Labute approximate surface area is 247 Å². The van der Waals surface area contributed by atoms with Crippen molar-refractivity contribution in [3.63, 3.8) is 0 Å². The molecule has 0 amide bonds. The number of allylic oxidation sites excluding steroid dienone is 2. The highest BCUT2D eigenvalue weighted by atomic mass is 16.3. The Bertz CT molecular complexity index is 2490. The number of fused-ring (bicyclic) bond motifs is 10. The molecule has 2 unspecified atom stereocenters. The molecule has 0 bridgehead atoms. The van der Waals surface area contributed by atoms with Gasteiger partial charge in [0.15, 0.2) is 0 Å². The van der Waals surface area contributed by atoms with Crippen LogP contribution in [-0.4, -0.2) is 6.04 Å². The molecule has 0 spiro atoms. The van der Waals surface area contributed by atoms with E-state index in [2.05, 4.69) is 144 Å². The highest BCUT2D eigenvalue weighted by Crippen LogP contribution is 2.48. The summed E-state index contributed by atoms with van der Waals surface area (Å²) in [6, 6.07) is 41.5. The summed E-state index contributed by atoms with van der Waals surface area (Å²) in [6.07, 6.45) is 8.97. The molecule has 10 rings (SSSR count). The molecule has 43 heavy (non-hydrogen) atoms. The Kier molecular flexibility index (Phi) is 4.56. The molecule has 3 heteroatoms. The fourth-order valence-electron chi connectivity index (χ4n) is 7.42. The van der Waals surface area contributed by atoms with Gasteiger partial charge in [0.2, 0.25) is 0 Å². The van der Waals surface area contributed by atoms with Crippen LogP contribution >= 0.6 is 0 Å². The lowest BCUT2D eigenvalue weighted by Gasteiger charge is -2.28. The van der Waals surface area contributed by atoms with Crippen molar-refractivity contribution >= 4 is 66.0 Å². The number of rotatable bonds is 2. The molecule has 0 radical (unpaired) electrons. The van der Waals surface area contributed by atoms with E-state index >= 15 is 0 Å². The third-order valence-corrected chi connectivity index (χ3v) is 9.38. The fourth-order valence-corrected chi connectivity index (χ4v) is 7.42. The van der Waals surface area contributed by atoms with E-state index in [0.717, 1.165) is 43.9 Å². The molecular weight excluding hydrogens is 526 g/mol. The van der Waals surface area contributed by atoms with Gasteiger partial charge in [0, 0.05) is 44.9 Å². The van der Waals surface area contributed by atoms with Crippen LogP contribution in [0.15, 0.2) is 148 Å². The summed E-state index contributed by atoms with van der Waals surface area (Å²) in [7, 11) is 0. The first-order valence-corrected chi connectivity index (χ1v) is 14.8. The normalized spacial score (nSPS) is 17.5. The lowest BCUT2D eigenvalue weighted by atomic mass is 9.91. The lowest BCUT2D eigenvalue weighted by molar-refractivity contribution is 0.656. The zero-order chi connectivity index (χ0) is 28.1. The van der Waals surface area contributed by atoms with Crippen LogP contribution in [0.2, 0.25) is 0 Å². The molecule has 1 aliphatic heterocycles. The number of hydrogen-bond acceptors (Lipinski definition) is 3. The molecule has 2 atom stereocenters. The summed E-state index contributed by atoms with van der Waals surface area (Å²) in [5.41, 5.74) is 9.67. The van der Waals surface area contributed by atoms with Gasteiger partial charge in [-0.25, -0.2) is 0 Å². The smallest absolute Gasteiger partial charge is 0.139 e. The first-order valence-electron chi connectivity index (χ1n) is 14.8. The van der Waals surface area contributed by atoms with Gasteiger partial charge < -0.3 is 13.7 Å². The molecular formula is C40H25NO2. The molecule has 3 heterocycles. The number of anilines is 2. The van der Waals surface area contributed by atoms with Crippen molar-refractivity contribution in [2.75, 3.05) is 4.90 Å². The molecule has 0 saturated heterocycles. The quantitative estimate of drug-likeness (QED) is 0.214. The minimum absolute atomic E-state index is 0.259. The van der Waals surface area contributed by atoms with Gasteiger partial charge in [-0.1, -0.05) is 91.0 Å². The molecule has 0 N–H and O–H groups in total. The summed E-state index contributed by atoms with van der Waals surface area (Å²) < 4.78 is 12.7. The van der Waals surface area contributed by atoms with Crippen LogP contribution < -0.4 is 4.90 Å². The summed E-state index contributed by atoms with van der Waals surface area (Å²) in [6.45, 7) is 0. The zero-order valence-corrected chi connectivity index (χ0v) is 23.2. The minimum Gasteiger partial charge on any atom is -0.456 e. The third-order valence-electron chi connectivity index (χ3n) is 9.38. The van der Waals surface area contributed by atoms with E-state index in [0.29, 0.717) is 5.92 Å². The molecule has 202 valence electrons. The van der Waals surface area contributed by atoms with E-state index in [1.165, 1.54) is 38.8 Å². The average molecular weight is 552 g/mol. The monoisotopic (exact) mass is 551 g/mol. The van der Waals surface area contributed by atoms with Crippen LogP contribution in [0.25, 0.3) is 65.8 Å². The fraction of sp³-hybridized carbons (Fsp3) is 0.0500. The van der Waals surface area contributed by atoms with Crippen molar-refractivity contribution in [2.24, 2.45) is 0 Å². The van der Waals surface area contributed by atoms with Crippen molar-refractivity contribution < 1.29 is 8.83 Å². The number of hydrogen-bond donors (Lipinski definition) is 0. The number of furan rings is 2. The van der Waals surface area contributed by atoms with Crippen LogP contribution in [0.5, 0.6) is 0 Å². The molecule has 3 nitrogen and oxygen atoms in total. The average Bonchev–Trinajstić information content (AvgIpc) is 3.71. The van der Waals surface area contributed by atoms with Crippen molar-refractivity contribution in [3.05, 3.63) is 145 Å². The van der Waals surface area contributed by atoms with Crippen LogP contribution in [0.3, 0.4) is 0 Å². The van der Waals surface area contributed by atoms with Gasteiger partial charge in [-0.15, -0.1) is 0 Å². The van der Waals surface area contributed by atoms with Gasteiger partial charge in [0.1, 0.15) is 22.3 Å². The first-order chi connectivity index (χ1) is 21.3. The molecule has 0 saturated carbocycles. The largest absolute Gasteiger partial charge is 0.456 e. The topological polar surface area (TPSA) is 29.5 Å². The molecule has 8 aromatic rings. The van der Waals surface area contributed by atoms with E-state index < -0.39 is 0 Å². The maximum absolute atomic E-state index is 6.39. The van der Waals surface area contributed by atoms with Crippen LogP contribution in [0, 0.1) is 0 Å². The molecule has 2 aliphatic rings. The van der Waals surface area contributed by atoms with E-state index in [9.17, 15) is 0 Å². The second kappa shape index (κ2) is 8.50. The molecule has 2 aromatic heterocycles. The first kappa shape index (κ1) is 23.1. The van der Waals surface area contributed by atoms with Gasteiger partial charge in [0.25, 0.3) is 0 Å². The van der Waals surface area contributed by atoms with Crippen molar-refractivity contribution in [1.82, 2.24) is 0 Å². The number of benzene rings is 6. The van der Waals surface area contributed by atoms with Crippen LogP contribution in [0.1, 0.15) is 11.5 Å². The highest BCUT2D eigenvalue weighted by molar-refractivity contribution is 6.16. The minimum atomic E-state index is 0.259. The predicted octanol–water partition coefficient (Wildman–Crippen LogP) is 11.0. The summed E-state index contributed by atoms with van der Waals surface area (Å²) >= 11 is 0. The Hall–Kier alpha value is -5.54. The van der Waals surface area contributed by atoms with Gasteiger partial charge >= 0.3 is 0 Å². The number of para-hydroxylation sites is 1. The SMILES string of the molecule is C1=CC2c3ccccc3N(c3ccc4oc5cc6oc7ccc(-c8cccc9ccccc89)cc7c6cc5c4c3)C2C=C1. The Morgan fingerprint density at radius 3 is 2.14 bits per heavy atom. The summed E-state index contributed by atoms with van der Waals surface area (Å²) in [4.78, 5) is 2.47. The third kappa shape index (κ3) is 3.25. The van der Waals surface area contributed by atoms with E-state index in [1.54, 1.807) is 0 Å². The van der Waals surface area contributed by atoms with Crippen molar-refractivity contribution in [3.8, 4) is 11.1 Å². The Balaban J connectivity index is 1.16. The second-order valence-corrected chi connectivity index (χ2v) is 11.7. The maximum Gasteiger partial charge on any atom is 0.139 e. The maximum atomic E-state index is 6.39. The highest BCUT2D eigenvalue weighted by Gasteiger charge is 2.37. The summed E-state index contributed by atoms with van der Waals surface area (Å²) in [5, 5.41) is 6.93. The second-order valence-electron chi connectivity index (χ2n) is 11.7. The van der Waals surface area contributed by atoms with Gasteiger partial charge in [0.05, 0.1) is 6.04 Å². The van der Waals surface area contributed by atoms with Crippen molar-refractivity contribution in [2.45, 2.75) is 12.0 Å². The van der Waals surface area contributed by atoms with E-state index in [-0.39, 0.29) is 6.04 Å². The van der Waals surface area contributed by atoms with Gasteiger partial charge in [-0.05, 0) is 69.9 Å².